The topological polar surface area (TPSA) is 72.7 Å². The number of carbonyl (C=O) groups is 1. The number of hydrogen-bond acceptors (Lipinski definition) is 6. The summed E-state index contributed by atoms with van der Waals surface area (Å²) in [5.74, 6) is 1.83. The van der Waals surface area contributed by atoms with E-state index in [9.17, 15) is 4.79 Å². The van der Waals surface area contributed by atoms with Crippen molar-refractivity contribution in [3.8, 4) is 11.4 Å². The van der Waals surface area contributed by atoms with E-state index in [-0.39, 0.29) is 11.7 Å². The molecule has 158 valence electrons. The third-order valence-corrected chi connectivity index (χ3v) is 7.62. The van der Waals surface area contributed by atoms with E-state index in [4.69, 9.17) is 0 Å². The van der Waals surface area contributed by atoms with Crippen molar-refractivity contribution in [2.45, 2.75) is 58.2 Å². The summed E-state index contributed by atoms with van der Waals surface area (Å²) in [7, 11) is 0. The number of rotatable bonds is 7. The van der Waals surface area contributed by atoms with Gasteiger partial charge in [-0.05, 0) is 44.6 Å². The maximum absolute atomic E-state index is 12.5. The van der Waals surface area contributed by atoms with Gasteiger partial charge in [-0.1, -0.05) is 49.4 Å². The Morgan fingerprint density at radius 1 is 1.30 bits per heavy atom. The zero-order chi connectivity index (χ0) is 21.1. The van der Waals surface area contributed by atoms with Crippen LogP contribution in [0, 0.1) is 12.8 Å². The largest absolute Gasteiger partial charge is 0.302 e. The molecule has 1 atom stereocenters. The van der Waals surface area contributed by atoms with Crippen LogP contribution in [0.15, 0.2) is 29.4 Å². The highest BCUT2D eigenvalue weighted by Crippen LogP contribution is 2.33. The van der Waals surface area contributed by atoms with E-state index in [0.717, 1.165) is 52.5 Å². The predicted octanol–water partition coefficient (Wildman–Crippen LogP) is 4.98. The molecule has 0 radical (unpaired) electrons. The van der Waals surface area contributed by atoms with Crippen molar-refractivity contribution in [3.63, 3.8) is 0 Å². The SMILES string of the molecule is CCC1CCc2nc(NC(=O)CSc3nnc(-c4ccccc4C)n3CC)sc2C1. The van der Waals surface area contributed by atoms with Gasteiger partial charge in [0.25, 0.3) is 0 Å². The summed E-state index contributed by atoms with van der Waals surface area (Å²) in [4.78, 5) is 18.5. The van der Waals surface area contributed by atoms with Crippen LogP contribution in [0.1, 0.15) is 42.8 Å². The molecule has 0 spiro atoms. The maximum Gasteiger partial charge on any atom is 0.236 e. The monoisotopic (exact) mass is 441 g/mol. The number of nitrogens with one attached hydrogen (secondary N) is 1. The zero-order valence-corrected chi connectivity index (χ0v) is 19.3. The lowest BCUT2D eigenvalue weighted by atomic mass is 9.89. The van der Waals surface area contributed by atoms with E-state index in [1.807, 2.05) is 12.1 Å². The number of benzene rings is 1. The summed E-state index contributed by atoms with van der Waals surface area (Å²) < 4.78 is 2.06. The summed E-state index contributed by atoms with van der Waals surface area (Å²) in [5.41, 5.74) is 3.40. The van der Waals surface area contributed by atoms with Gasteiger partial charge >= 0.3 is 0 Å². The Morgan fingerprint density at radius 2 is 2.13 bits per heavy atom. The number of thiazole rings is 1. The fourth-order valence-corrected chi connectivity index (χ4v) is 5.78. The molecule has 0 saturated heterocycles. The Labute approximate surface area is 185 Å². The van der Waals surface area contributed by atoms with Crippen LogP contribution in [0.2, 0.25) is 0 Å². The van der Waals surface area contributed by atoms with Gasteiger partial charge in [0, 0.05) is 17.0 Å². The van der Waals surface area contributed by atoms with Crippen LogP contribution >= 0.6 is 23.1 Å². The first-order valence-electron chi connectivity index (χ1n) is 10.5. The lowest BCUT2D eigenvalue weighted by molar-refractivity contribution is -0.113. The van der Waals surface area contributed by atoms with Gasteiger partial charge in [0.1, 0.15) is 0 Å². The number of fused-ring (bicyclic) bond motifs is 1. The molecule has 1 aromatic carbocycles. The molecule has 8 heteroatoms. The minimum Gasteiger partial charge on any atom is -0.302 e. The number of hydrogen-bond donors (Lipinski definition) is 1. The summed E-state index contributed by atoms with van der Waals surface area (Å²) in [6, 6.07) is 8.15. The first-order valence-corrected chi connectivity index (χ1v) is 12.3. The molecule has 2 heterocycles. The van der Waals surface area contributed by atoms with Crippen molar-refractivity contribution in [2.24, 2.45) is 5.92 Å². The predicted molar refractivity (Wildman–Crippen MR) is 123 cm³/mol. The second-order valence-electron chi connectivity index (χ2n) is 7.61. The van der Waals surface area contributed by atoms with Crippen molar-refractivity contribution in [1.29, 1.82) is 0 Å². The number of amides is 1. The number of carbonyl (C=O) groups excluding carboxylic acids is 1. The Morgan fingerprint density at radius 3 is 2.90 bits per heavy atom. The molecule has 1 N–H and O–H groups in total. The van der Waals surface area contributed by atoms with Crippen LogP contribution in [0.25, 0.3) is 11.4 Å². The van der Waals surface area contributed by atoms with Crippen LogP contribution < -0.4 is 5.32 Å². The van der Waals surface area contributed by atoms with E-state index in [2.05, 4.69) is 58.0 Å². The standard InChI is InChI=1S/C22H27N5OS2/c1-4-15-10-11-17-18(12-15)30-21(23-17)24-19(28)13-29-22-26-25-20(27(22)5-2)16-9-7-6-8-14(16)3/h6-9,15H,4-5,10-13H2,1-3H3,(H,23,24,28). The van der Waals surface area contributed by atoms with Crippen molar-refractivity contribution in [2.75, 3.05) is 11.1 Å². The molecule has 2 aromatic heterocycles. The average Bonchev–Trinajstić information content (AvgIpc) is 3.34. The number of aryl methyl sites for hydroxylation is 2. The molecule has 0 aliphatic heterocycles. The van der Waals surface area contributed by atoms with Gasteiger partial charge in [-0.3, -0.25) is 4.79 Å². The second-order valence-corrected chi connectivity index (χ2v) is 9.63. The lowest BCUT2D eigenvalue weighted by Gasteiger charge is -2.18. The van der Waals surface area contributed by atoms with Crippen molar-refractivity contribution >= 4 is 34.1 Å². The molecule has 0 saturated carbocycles. The summed E-state index contributed by atoms with van der Waals surface area (Å²) in [5, 5.41) is 13.2. The Hall–Kier alpha value is -2.19. The minimum absolute atomic E-state index is 0.0544. The van der Waals surface area contributed by atoms with Gasteiger partial charge in [0.15, 0.2) is 16.1 Å². The average molecular weight is 442 g/mol. The Balaban J connectivity index is 1.40. The normalized spacial score (nSPS) is 15.8. The first kappa shape index (κ1) is 21.1. The van der Waals surface area contributed by atoms with E-state index < -0.39 is 0 Å². The van der Waals surface area contributed by atoms with Crippen molar-refractivity contribution in [1.82, 2.24) is 19.7 Å². The third kappa shape index (κ3) is 4.44. The van der Waals surface area contributed by atoms with Gasteiger partial charge in [0.05, 0.1) is 11.4 Å². The van der Waals surface area contributed by atoms with E-state index in [0.29, 0.717) is 0 Å². The summed E-state index contributed by atoms with van der Waals surface area (Å²) >= 11 is 3.04. The molecule has 0 bridgehead atoms. The second kappa shape index (κ2) is 9.31. The molecule has 30 heavy (non-hydrogen) atoms. The molecule has 1 amide bonds. The maximum atomic E-state index is 12.5. The summed E-state index contributed by atoms with van der Waals surface area (Å²) in [6.45, 7) is 7.13. The number of thioether (sulfide) groups is 1. The molecule has 4 rings (SSSR count). The molecular weight excluding hydrogens is 414 g/mol. The molecule has 0 fully saturated rings. The fraction of sp³-hybridized carbons (Fsp3) is 0.455. The first-order chi connectivity index (χ1) is 14.6. The molecule has 1 aliphatic rings. The van der Waals surface area contributed by atoms with Crippen molar-refractivity contribution in [3.05, 3.63) is 40.4 Å². The number of anilines is 1. The molecule has 1 unspecified atom stereocenters. The van der Waals surface area contributed by atoms with Gasteiger partial charge in [-0.15, -0.1) is 21.5 Å². The van der Waals surface area contributed by atoms with E-state index >= 15 is 0 Å². The van der Waals surface area contributed by atoms with Gasteiger partial charge in [0.2, 0.25) is 5.91 Å². The van der Waals surface area contributed by atoms with Crippen LogP contribution in [-0.2, 0) is 24.2 Å². The highest BCUT2D eigenvalue weighted by atomic mass is 32.2. The van der Waals surface area contributed by atoms with Gasteiger partial charge in [-0.25, -0.2) is 4.98 Å². The zero-order valence-electron chi connectivity index (χ0n) is 17.6. The van der Waals surface area contributed by atoms with Crippen LogP contribution in [0.4, 0.5) is 5.13 Å². The van der Waals surface area contributed by atoms with Gasteiger partial charge in [-0.2, -0.15) is 0 Å². The van der Waals surface area contributed by atoms with Gasteiger partial charge < -0.3 is 9.88 Å². The number of aromatic nitrogens is 4. The fourth-order valence-electron chi connectivity index (χ4n) is 3.83. The third-order valence-electron chi connectivity index (χ3n) is 5.62. The van der Waals surface area contributed by atoms with Crippen LogP contribution in [0.3, 0.4) is 0 Å². The van der Waals surface area contributed by atoms with Crippen LogP contribution in [-0.4, -0.2) is 31.4 Å². The highest BCUT2D eigenvalue weighted by molar-refractivity contribution is 7.99. The van der Waals surface area contributed by atoms with E-state index in [1.54, 1.807) is 11.3 Å². The van der Waals surface area contributed by atoms with Crippen LogP contribution in [0.5, 0.6) is 0 Å². The smallest absolute Gasteiger partial charge is 0.236 e. The quantitative estimate of drug-likeness (QED) is 0.524. The Bertz CT molecular complexity index is 1040. The lowest BCUT2D eigenvalue weighted by Crippen LogP contribution is -2.14. The summed E-state index contributed by atoms with van der Waals surface area (Å²) in [6.07, 6.45) is 4.52. The minimum atomic E-state index is -0.0544. The Kier molecular flexibility index (Phi) is 6.53. The highest BCUT2D eigenvalue weighted by Gasteiger charge is 2.22. The molecule has 1 aliphatic carbocycles. The number of nitrogens with zero attached hydrogens (tertiary/aromatic N) is 4. The molecular formula is C22H27N5OS2. The van der Waals surface area contributed by atoms with E-state index in [1.165, 1.54) is 35.2 Å². The molecule has 6 nitrogen and oxygen atoms in total. The molecule has 3 aromatic rings. The van der Waals surface area contributed by atoms with Crippen molar-refractivity contribution < 1.29 is 4.79 Å².